The molecule has 1 aromatic rings. The van der Waals surface area contributed by atoms with Crippen molar-refractivity contribution in [2.45, 2.75) is 24.9 Å². The van der Waals surface area contributed by atoms with Gasteiger partial charge in [0.15, 0.2) is 0 Å². The maximum absolute atomic E-state index is 9.96. The largest absolute Gasteiger partial charge is 0.385 e. The van der Waals surface area contributed by atoms with E-state index in [0.29, 0.717) is 0 Å². The highest BCUT2D eigenvalue weighted by Gasteiger charge is 2.36. The van der Waals surface area contributed by atoms with Gasteiger partial charge in [-0.15, -0.1) is 0 Å². The summed E-state index contributed by atoms with van der Waals surface area (Å²) in [5, 5.41) is 9.96. The van der Waals surface area contributed by atoms with Gasteiger partial charge in [-0.25, -0.2) is 4.98 Å². The molecule has 1 aromatic heterocycles. The molecule has 0 atom stereocenters. The number of rotatable bonds is 1. The lowest BCUT2D eigenvalue weighted by atomic mass is 9.75. The van der Waals surface area contributed by atoms with Gasteiger partial charge in [-0.2, -0.15) is 0 Å². The minimum atomic E-state index is -0.564. The number of hydrogen-bond acceptors (Lipinski definition) is 2. The normalized spacial score (nSPS) is 20.2. The number of aromatic nitrogens is 1. The fourth-order valence-electron chi connectivity index (χ4n) is 1.49. The van der Waals surface area contributed by atoms with Gasteiger partial charge in [0.1, 0.15) is 4.60 Å². The smallest absolute Gasteiger partial charge is 0.106 e. The SMILES string of the molecule is OC1(c2ccnc(Br)c2)CCC1. The molecule has 0 aliphatic heterocycles. The molecule has 12 heavy (non-hydrogen) atoms. The van der Waals surface area contributed by atoms with E-state index in [1.807, 2.05) is 12.1 Å². The van der Waals surface area contributed by atoms with Crippen molar-refractivity contribution in [2.75, 3.05) is 0 Å². The van der Waals surface area contributed by atoms with Crippen LogP contribution >= 0.6 is 15.9 Å². The van der Waals surface area contributed by atoms with E-state index < -0.39 is 5.60 Å². The van der Waals surface area contributed by atoms with E-state index in [2.05, 4.69) is 20.9 Å². The van der Waals surface area contributed by atoms with Crippen LogP contribution in [0.2, 0.25) is 0 Å². The van der Waals surface area contributed by atoms with E-state index in [0.717, 1.165) is 29.4 Å². The van der Waals surface area contributed by atoms with Crippen molar-refractivity contribution in [3.05, 3.63) is 28.5 Å². The van der Waals surface area contributed by atoms with Gasteiger partial charge in [-0.05, 0) is 52.9 Å². The second-order valence-electron chi connectivity index (χ2n) is 3.25. The molecular weight excluding hydrogens is 218 g/mol. The van der Waals surface area contributed by atoms with Crippen molar-refractivity contribution in [3.63, 3.8) is 0 Å². The molecule has 0 aromatic carbocycles. The lowest BCUT2D eigenvalue weighted by molar-refractivity contribution is -0.0389. The zero-order valence-electron chi connectivity index (χ0n) is 6.63. The molecule has 0 spiro atoms. The molecule has 1 N–H and O–H groups in total. The topological polar surface area (TPSA) is 33.1 Å². The fourth-order valence-corrected chi connectivity index (χ4v) is 1.86. The third kappa shape index (κ3) is 1.27. The Morgan fingerprint density at radius 2 is 2.25 bits per heavy atom. The molecule has 2 nitrogen and oxygen atoms in total. The van der Waals surface area contributed by atoms with E-state index in [9.17, 15) is 5.11 Å². The summed E-state index contributed by atoms with van der Waals surface area (Å²) in [6.45, 7) is 0. The first-order chi connectivity index (χ1) is 5.71. The number of pyridine rings is 1. The van der Waals surface area contributed by atoms with E-state index in [-0.39, 0.29) is 0 Å². The zero-order chi connectivity index (χ0) is 8.60. The average Bonchev–Trinajstić information content (AvgIpc) is 2.00. The van der Waals surface area contributed by atoms with E-state index >= 15 is 0 Å². The van der Waals surface area contributed by atoms with Crippen LogP contribution in [0.5, 0.6) is 0 Å². The molecular formula is C9H10BrNO. The van der Waals surface area contributed by atoms with Gasteiger partial charge in [0, 0.05) is 6.20 Å². The molecule has 0 unspecified atom stereocenters. The molecule has 0 radical (unpaired) electrons. The van der Waals surface area contributed by atoms with Crippen LogP contribution in [0.4, 0.5) is 0 Å². The van der Waals surface area contributed by atoms with Crippen molar-refractivity contribution in [1.29, 1.82) is 0 Å². The number of aliphatic hydroxyl groups is 1. The Balaban J connectivity index is 2.33. The Bertz CT molecular complexity index is 296. The highest BCUT2D eigenvalue weighted by molar-refractivity contribution is 9.10. The van der Waals surface area contributed by atoms with E-state index in [1.54, 1.807) is 6.20 Å². The Kier molecular flexibility index (Phi) is 1.93. The summed E-state index contributed by atoms with van der Waals surface area (Å²) >= 11 is 3.29. The first kappa shape index (κ1) is 8.20. The maximum Gasteiger partial charge on any atom is 0.106 e. The summed E-state index contributed by atoms with van der Waals surface area (Å²) in [5.74, 6) is 0. The Labute approximate surface area is 79.8 Å². The van der Waals surface area contributed by atoms with Crippen LogP contribution in [0.15, 0.2) is 22.9 Å². The summed E-state index contributed by atoms with van der Waals surface area (Å²) in [6.07, 6.45) is 4.60. The Morgan fingerprint density at radius 3 is 2.75 bits per heavy atom. The van der Waals surface area contributed by atoms with Crippen LogP contribution in [0.1, 0.15) is 24.8 Å². The standard InChI is InChI=1S/C9H10BrNO/c10-8-6-7(2-5-11-8)9(12)3-1-4-9/h2,5-6,12H,1,3-4H2. The van der Waals surface area contributed by atoms with Gasteiger partial charge in [0.2, 0.25) is 0 Å². The number of nitrogens with zero attached hydrogens (tertiary/aromatic N) is 1. The Hall–Kier alpha value is -0.410. The first-order valence-corrected chi connectivity index (χ1v) is 4.84. The molecule has 0 bridgehead atoms. The molecule has 1 heterocycles. The fraction of sp³-hybridized carbons (Fsp3) is 0.444. The van der Waals surface area contributed by atoms with E-state index in [4.69, 9.17) is 0 Å². The summed E-state index contributed by atoms with van der Waals surface area (Å²) in [6, 6.07) is 3.77. The van der Waals surface area contributed by atoms with E-state index in [1.165, 1.54) is 0 Å². The molecule has 1 aliphatic carbocycles. The molecule has 1 fully saturated rings. The minimum absolute atomic E-state index is 0.564. The van der Waals surface area contributed by atoms with Crippen molar-refractivity contribution >= 4 is 15.9 Å². The maximum atomic E-state index is 9.96. The number of halogens is 1. The summed E-state index contributed by atoms with van der Waals surface area (Å²) in [4.78, 5) is 4.02. The predicted octanol–water partition coefficient (Wildman–Crippen LogP) is 2.22. The third-order valence-corrected chi connectivity index (χ3v) is 2.88. The van der Waals surface area contributed by atoms with Crippen molar-refractivity contribution in [1.82, 2.24) is 4.98 Å². The van der Waals surface area contributed by atoms with Crippen LogP contribution in [-0.4, -0.2) is 10.1 Å². The van der Waals surface area contributed by atoms with Crippen molar-refractivity contribution in [2.24, 2.45) is 0 Å². The molecule has 2 rings (SSSR count). The highest BCUT2D eigenvalue weighted by Crippen LogP contribution is 2.41. The van der Waals surface area contributed by atoms with Gasteiger partial charge < -0.3 is 5.11 Å². The van der Waals surface area contributed by atoms with Gasteiger partial charge >= 0.3 is 0 Å². The van der Waals surface area contributed by atoms with Crippen molar-refractivity contribution < 1.29 is 5.11 Å². The lowest BCUT2D eigenvalue weighted by Gasteiger charge is -2.36. The molecule has 1 aliphatic rings. The lowest BCUT2D eigenvalue weighted by Crippen LogP contribution is -2.33. The average molecular weight is 228 g/mol. The van der Waals surface area contributed by atoms with Crippen LogP contribution in [0.3, 0.4) is 0 Å². The Morgan fingerprint density at radius 1 is 1.50 bits per heavy atom. The second kappa shape index (κ2) is 2.82. The molecule has 0 saturated heterocycles. The summed E-state index contributed by atoms with van der Waals surface area (Å²) < 4.78 is 0.792. The first-order valence-electron chi connectivity index (χ1n) is 4.05. The monoisotopic (exact) mass is 227 g/mol. The molecule has 1 saturated carbocycles. The number of hydrogen-bond donors (Lipinski definition) is 1. The van der Waals surface area contributed by atoms with Crippen molar-refractivity contribution in [3.8, 4) is 0 Å². The molecule has 3 heteroatoms. The van der Waals surface area contributed by atoms with Crippen LogP contribution < -0.4 is 0 Å². The van der Waals surface area contributed by atoms with Crippen LogP contribution in [-0.2, 0) is 5.60 Å². The zero-order valence-corrected chi connectivity index (χ0v) is 8.21. The van der Waals surface area contributed by atoms with Gasteiger partial charge in [0.05, 0.1) is 5.60 Å². The van der Waals surface area contributed by atoms with Gasteiger partial charge in [-0.1, -0.05) is 0 Å². The van der Waals surface area contributed by atoms with Gasteiger partial charge in [0.25, 0.3) is 0 Å². The third-order valence-electron chi connectivity index (χ3n) is 2.44. The summed E-state index contributed by atoms with van der Waals surface area (Å²) in [5.41, 5.74) is 0.418. The highest BCUT2D eigenvalue weighted by atomic mass is 79.9. The minimum Gasteiger partial charge on any atom is -0.385 e. The molecule has 0 amide bonds. The van der Waals surface area contributed by atoms with Crippen LogP contribution in [0.25, 0.3) is 0 Å². The summed E-state index contributed by atoms with van der Waals surface area (Å²) in [7, 11) is 0. The molecule has 64 valence electrons. The quantitative estimate of drug-likeness (QED) is 0.747. The van der Waals surface area contributed by atoms with Gasteiger partial charge in [-0.3, -0.25) is 0 Å². The second-order valence-corrected chi connectivity index (χ2v) is 4.06. The van der Waals surface area contributed by atoms with Crippen LogP contribution in [0, 0.1) is 0 Å². The predicted molar refractivity (Wildman–Crippen MR) is 49.7 cm³/mol.